The summed E-state index contributed by atoms with van der Waals surface area (Å²) in [5, 5.41) is 11.5. The number of carbonyl (C=O) groups excluding carboxylic acids is 1. The summed E-state index contributed by atoms with van der Waals surface area (Å²) in [7, 11) is 2.12. The second kappa shape index (κ2) is 3.58. The molecule has 2 saturated carbocycles. The van der Waals surface area contributed by atoms with Crippen molar-refractivity contribution in [1.29, 1.82) is 0 Å². The molecule has 4 heteroatoms. The number of likely N-dealkylation sites (tertiary alicyclic amines) is 1. The summed E-state index contributed by atoms with van der Waals surface area (Å²) in [6, 6.07) is 0.176. The largest absolute Gasteiger partial charge is 0.460 e. The molecule has 20 heavy (non-hydrogen) atoms. The van der Waals surface area contributed by atoms with E-state index in [1.54, 1.807) is 0 Å². The lowest BCUT2D eigenvalue weighted by Crippen LogP contribution is -2.66. The molecule has 2 aliphatic carbocycles. The minimum absolute atomic E-state index is 0.0362. The molecule has 4 nitrogen and oxygen atoms in total. The highest BCUT2D eigenvalue weighted by atomic mass is 16.6. The van der Waals surface area contributed by atoms with E-state index in [1.165, 1.54) is 0 Å². The average molecular weight is 279 g/mol. The van der Waals surface area contributed by atoms with E-state index in [9.17, 15) is 9.90 Å². The molecular formula is C16H25NO3. The van der Waals surface area contributed by atoms with Crippen LogP contribution in [0.3, 0.4) is 0 Å². The Labute approximate surface area is 120 Å². The Balaban J connectivity index is 1.92. The molecule has 112 valence electrons. The normalized spacial score (nSPS) is 57.3. The van der Waals surface area contributed by atoms with Gasteiger partial charge in [0.25, 0.3) is 0 Å². The highest BCUT2D eigenvalue weighted by Crippen LogP contribution is 2.68. The van der Waals surface area contributed by atoms with Gasteiger partial charge in [0.15, 0.2) is 0 Å². The summed E-state index contributed by atoms with van der Waals surface area (Å²) in [4.78, 5) is 14.8. The molecule has 4 rings (SSSR count). The topological polar surface area (TPSA) is 49.8 Å². The van der Waals surface area contributed by atoms with E-state index in [-0.39, 0.29) is 35.4 Å². The minimum Gasteiger partial charge on any atom is -0.460 e. The summed E-state index contributed by atoms with van der Waals surface area (Å²) in [5.41, 5.74) is -1.05. The SMILES string of the molecule is CC(C)[C@@H]1[C@H]2OC(=O)[C@@H]1[C@@]1(O)CC[C@H]3CN(C)[C@H]2[C@]31C. The van der Waals surface area contributed by atoms with Crippen molar-refractivity contribution in [3.63, 3.8) is 0 Å². The summed E-state index contributed by atoms with van der Waals surface area (Å²) < 4.78 is 5.79. The first-order valence-electron chi connectivity index (χ1n) is 7.95. The Hall–Kier alpha value is -0.610. The van der Waals surface area contributed by atoms with Crippen LogP contribution in [0.2, 0.25) is 0 Å². The van der Waals surface area contributed by atoms with Crippen LogP contribution in [0.25, 0.3) is 0 Å². The van der Waals surface area contributed by atoms with Crippen molar-refractivity contribution in [2.24, 2.45) is 29.1 Å². The van der Waals surface area contributed by atoms with E-state index in [0.717, 1.165) is 19.4 Å². The van der Waals surface area contributed by atoms with Crippen LogP contribution in [-0.4, -0.2) is 47.3 Å². The number of likely N-dealkylation sites (N-methyl/N-ethyl adjacent to an activating group) is 1. The molecule has 2 saturated heterocycles. The lowest BCUT2D eigenvalue weighted by Gasteiger charge is -2.54. The minimum atomic E-state index is -0.869. The maximum atomic E-state index is 12.4. The van der Waals surface area contributed by atoms with Gasteiger partial charge in [-0.25, -0.2) is 0 Å². The van der Waals surface area contributed by atoms with Crippen molar-refractivity contribution in [2.75, 3.05) is 13.6 Å². The van der Waals surface area contributed by atoms with E-state index in [4.69, 9.17) is 4.74 Å². The number of nitrogens with zero attached hydrogens (tertiary/aromatic N) is 1. The van der Waals surface area contributed by atoms with Gasteiger partial charge in [0.1, 0.15) is 6.10 Å². The van der Waals surface area contributed by atoms with Crippen molar-refractivity contribution < 1.29 is 14.6 Å². The molecule has 4 aliphatic rings. The first kappa shape index (κ1) is 13.1. The van der Waals surface area contributed by atoms with Gasteiger partial charge in [-0.2, -0.15) is 0 Å². The molecule has 7 atom stereocenters. The molecule has 2 bridgehead atoms. The van der Waals surface area contributed by atoms with E-state index >= 15 is 0 Å². The Morgan fingerprint density at radius 1 is 1.45 bits per heavy atom. The van der Waals surface area contributed by atoms with Gasteiger partial charge in [0, 0.05) is 17.9 Å². The van der Waals surface area contributed by atoms with E-state index < -0.39 is 5.60 Å². The summed E-state index contributed by atoms with van der Waals surface area (Å²) in [5.74, 6) is 0.546. The number of fused-ring (bicyclic) bond motifs is 4. The summed E-state index contributed by atoms with van der Waals surface area (Å²) in [6.07, 6.45) is 1.76. The molecule has 0 amide bonds. The first-order valence-corrected chi connectivity index (χ1v) is 7.95. The lowest BCUT2D eigenvalue weighted by molar-refractivity contribution is -0.169. The van der Waals surface area contributed by atoms with Crippen LogP contribution >= 0.6 is 0 Å². The molecular weight excluding hydrogens is 254 g/mol. The Morgan fingerprint density at radius 3 is 2.80 bits per heavy atom. The van der Waals surface area contributed by atoms with Crippen LogP contribution < -0.4 is 0 Å². The fraction of sp³-hybridized carbons (Fsp3) is 0.938. The van der Waals surface area contributed by atoms with Gasteiger partial charge in [-0.1, -0.05) is 20.8 Å². The molecule has 0 aromatic heterocycles. The quantitative estimate of drug-likeness (QED) is 0.735. The average Bonchev–Trinajstić information content (AvgIpc) is 2.88. The number of rotatable bonds is 1. The molecule has 0 spiro atoms. The number of esters is 1. The maximum absolute atomic E-state index is 12.4. The number of aliphatic hydroxyl groups is 1. The Kier molecular flexibility index (Phi) is 2.34. The van der Waals surface area contributed by atoms with Gasteiger partial charge in [-0.15, -0.1) is 0 Å². The zero-order valence-electron chi connectivity index (χ0n) is 12.8. The Bertz CT molecular complexity index is 478. The second-order valence-corrected chi connectivity index (χ2v) is 8.03. The van der Waals surface area contributed by atoms with Crippen LogP contribution in [0.15, 0.2) is 0 Å². The zero-order valence-corrected chi connectivity index (χ0v) is 12.8. The monoisotopic (exact) mass is 279 g/mol. The lowest BCUT2D eigenvalue weighted by atomic mass is 9.53. The van der Waals surface area contributed by atoms with Gasteiger partial charge < -0.3 is 9.84 Å². The van der Waals surface area contributed by atoms with Crippen LogP contribution in [0.1, 0.15) is 33.6 Å². The molecule has 1 N–H and O–H groups in total. The highest BCUT2D eigenvalue weighted by molar-refractivity contribution is 5.78. The van der Waals surface area contributed by atoms with Crippen molar-refractivity contribution in [1.82, 2.24) is 4.90 Å². The number of hydrogen-bond acceptors (Lipinski definition) is 4. The van der Waals surface area contributed by atoms with Crippen molar-refractivity contribution in [3.8, 4) is 0 Å². The van der Waals surface area contributed by atoms with Gasteiger partial charge in [0.05, 0.1) is 17.6 Å². The first-order chi connectivity index (χ1) is 9.32. The van der Waals surface area contributed by atoms with E-state index in [2.05, 4.69) is 32.7 Å². The van der Waals surface area contributed by atoms with Crippen LogP contribution in [0.4, 0.5) is 0 Å². The smallest absolute Gasteiger partial charge is 0.312 e. The predicted molar refractivity (Wildman–Crippen MR) is 73.9 cm³/mol. The molecule has 0 radical (unpaired) electrons. The third kappa shape index (κ3) is 1.13. The summed E-state index contributed by atoms with van der Waals surface area (Å²) >= 11 is 0. The number of ether oxygens (including phenoxy) is 1. The van der Waals surface area contributed by atoms with Gasteiger partial charge in [0.2, 0.25) is 0 Å². The third-order valence-corrected chi connectivity index (χ3v) is 7.12. The predicted octanol–water partition coefficient (Wildman–Crippen LogP) is 1.28. The van der Waals surface area contributed by atoms with Gasteiger partial charge >= 0.3 is 5.97 Å². The van der Waals surface area contributed by atoms with Crippen LogP contribution in [0, 0.1) is 29.1 Å². The highest BCUT2D eigenvalue weighted by Gasteiger charge is 2.78. The zero-order chi connectivity index (χ0) is 14.4. The third-order valence-electron chi connectivity index (χ3n) is 7.12. The van der Waals surface area contributed by atoms with Gasteiger partial charge in [-0.05, 0) is 31.7 Å². The van der Waals surface area contributed by atoms with Crippen LogP contribution in [0.5, 0.6) is 0 Å². The fourth-order valence-corrected chi connectivity index (χ4v) is 6.28. The van der Waals surface area contributed by atoms with E-state index in [0.29, 0.717) is 11.8 Å². The second-order valence-electron chi connectivity index (χ2n) is 8.03. The molecule has 0 unspecified atom stereocenters. The standard InChI is InChI=1S/C16H25NO3/c1-8(2)10-11-14(18)20-12(10)13-15(3)9(7-17(13)4)5-6-16(11,15)19/h8-13,19H,5-7H2,1-4H3/t9-,10-,11+,12+,13+,15-,16-/m0/s1. The molecule has 4 fully saturated rings. The van der Waals surface area contributed by atoms with Crippen molar-refractivity contribution >= 4 is 5.97 Å². The van der Waals surface area contributed by atoms with Crippen molar-refractivity contribution in [3.05, 3.63) is 0 Å². The molecule has 0 aromatic carbocycles. The molecule has 2 heterocycles. The van der Waals surface area contributed by atoms with Crippen LogP contribution in [-0.2, 0) is 9.53 Å². The Morgan fingerprint density at radius 2 is 2.15 bits per heavy atom. The molecule has 2 aliphatic heterocycles. The van der Waals surface area contributed by atoms with Gasteiger partial charge in [-0.3, -0.25) is 9.69 Å². The van der Waals surface area contributed by atoms with Crippen molar-refractivity contribution in [2.45, 2.75) is 51.4 Å². The number of carbonyl (C=O) groups is 1. The maximum Gasteiger partial charge on any atom is 0.312 e. The van der Waals surface area contributed by atoms with E-state index in [1.807, 2.05) is 0 Å². The molecule has 0 aromatic rings. The fourth-order valence-electron chi connectivity index (χ4n) is 6.28. The summed E-state index contributed by atoms with van der Waals surface area (Å²) in [6.45, 7) is 7.53. The number of hydrogen-bond donors (Lipinski definition) is 1.